The number of hydrogen-bond acceptors (Lipinski definition) is 8. The Morgan fingerprint density at radius 2 is 2.06 bits per heavy atom. The summed E-state index contributed by atoms with van der Waals surface area (Å²) in [5.74, 6) is 6.43. The van der Waals surface area contributed by atoms with E-state index in [4.69, 9.17) is 10.6 Å². The molecule has 4 aromatic rings. The molecule has 0 bridgehead atoms. The monoisotopic (exact) mass is 470 g/mol. The molecule has 11 heteroatoms. The minimum absolute atomic E-state index is 0.0603. The molecule has 4 rings (SSSR count). The van der Waals surface area contributed by atoms with Crippen LogP contribution in [0.2, 0.25) is 0 Å². The fourth-order valence-electron chi connectivity index (χ4n) is 2.76. The largest absolute Gasteiger partial charge is 0.486 e. The Kier molecular flexibility index (Phi) is 6.66. The molecule has 8 nitrogen and oxygen atoms in total. The van der Waals surface area contributed by atoms with Crippen molar-refractivity contribution in [3.8, 4) is 17.0 Å². The number of aromatic nitrogens is 4. The Bertz CT molecular complexity index is 1230. The molecule has 2 aromatic carbocycles. The molecule has 0 spiro atoms. The van der Waals surface area contributed by atoms with Gasteiger partial charge in [-0.3, -0.25) is 4.79 Å². The molecular weight excluding hydrogens is 451 g/mol. The predicted molar refractivity (Wildman–Crippen MR) is 123 cm³/mol. The number of carbonyl (C=O) groups excluding carboxylic acids is 1. The van der Waals surface area contributed by atoms with E-state index in [9.17, 15) is 9.18 Å². The summed E-state index contributed by atoms with van der Waals surface area (Å²) < 4.78 is 19.8. The van der Waals surface area contributed by atoms with E-state index in [-0.39, 0.29) is 24.1 Å². The number of rotatable bonds is 8. The van der Waals surface area contributed by atoms with Crippen LogP contribution in [0.3, 0.4) is 0 Å². The number of halogens is 1. The molecule has 2 heterocycles. The van der Waals surface area contributed by atoms with Gasteiger partial charge in [-0.25, -0.2) is 14.1 Å². The third-order valence-electron chi connectivity index (χ3n) is 4.31. The second-order valence-corrected chi connectivity index (χ2v) is 8.69. The van der Waals surface area contributed by atoms with E-state index in [1.807, 2.05) is 36.6 Å². The van der Waals surface area contributed by atoms with Crippen molar-refractivity contribution >= 4 is 34.7 Å². The molecule has 2 aromatic heterocycles. The predicted octanol–water partition coefficient (Wildman–Crippen LogP) is 3.87. The highest BCUT2D eigenvalue weighted by Gasteiger charge is 2.13. The van der Waals surface area contributed by atoms with Crippen LogP contribution < -0.4 is 15.9 Å². The molecule has 0 saturated heterocycles. The Morgan fingerprint density at radius 3 is 2.81 bits per heavy atom. The van der Waals surface area contributed by atoms with Gasteiger partial charge < -0.3 is 15.9 Å². The number of aryl methyl sites for hydroxylation is 1. The number of hydrogen-bond donors (Lipinski definition) is 2. The first kappa shape index (κ1) is 21.8. The van der Waals surface area contributed by atoms with Gasteiger partial charge in [-0.2, -0.15) is 0 Å². The maximum Gasteiger partial charge on any atom is 0.234 e. The fourth-order valence-corrected chi connectivity index (χ4v) is 4.06. The third kappa shape index (κ3) is 5.42. The van der Waals surface area contributed by atoms with E-state index >= 15 is 0 Å². The van der Waals surface area contributed by atoms with Gasteiger partial charge in [0.15, 0.2) is 5.82 Å². The molecule has 0 aliphatic carbocycles. The summed E-state index contributed by atoms with van der Waals surface area (Å²) in [5, 5.41) is 14.2. The van der Waals surface area contributed by atoms with Crippen molar-refractivity contribution in [3.05, 3.63) is 70.6 Å². The number of nitrogens with two attached hydrogens (primary N) is 1. The normalized spacial score (nSPS) is 10.8. The van der Waals surface area contributed by atoms with Gasteiger partial charge in [0.2, 0.25) is 11.1 Å². The molecule has 0 unspecified atom stereocenters. The van der Waals surface area contributed by atoms with Crippen LogP contribution in [0.4, 0.5) is 10.1 Å². The summed E-state index contributed by atoms with van der Waals surface area (Å²) in [7, 11) is 0. The first-order chi connectivity index (χ1) is 15.5. The van der Waals surface area contributed by atoms with E-state index in [1.54, 1.807) is 11.3 Å². The van der Waals surface area contributed by atoms with E-state index in [0.29, 0.717) is 22.4 Å². The van der Waals surface area contributed by atoms with E-state index < -0.39 is 0 Å². The molecule has 0 radical (unpaired) electrons. The first-order valence-corrected chi connectivity index (χ1v) is 11.4. The van der Waals surface area contributed by atoms with Crippen molar-refractivity contribution in [2.45, 2.75) is 18.7 Å². The van der Waals surface area contributed by atoms with Gasteiger partial charge in [-0.05, 0) is 43.3 Å². The molecule has 0 fully saturated rings. The van der Waals surface area contributed by atoms with Crippen LogP contribution in [0, 0.1) is 12.7 Å². The number of carbonyl (C=O) groups is 1. The smallest absolute Gasteiger partial charge is 0.234 e. The lowest BCUT2D eigenvalue weighted by molar-refractivity contribution is -0.113. The Hall–Kier alpha value is -3.44. The molecule has 164 valence electrons. The summed E-state index contributed by atoms with van der Waals surface area (Å²) in [5.41, 5.74) is 2.50. The summed E-state index contributed by atoms with van der Waals surface area (Å²) in [6.45, 7) is 2.01. The summed E-state index contributed by atoms with van der Waals surface area (Å²) in [6.07, 6.45) is 0. The molecule has 3 N–H and O–H groups in total. The molecule has 0 aliphatic rings. The van der Waals surface area contributed by atoms with Crippen LogP contribution in [0.25, 0.3) is 11.3 Å². The number of nitrogens with one attached hydrogen (secondary N) is 1. The Morgan fingerprint density at radius 1 is 1.25 bits per heavy atom. The third-order valence-corrected chi connectivity index (χ3v) is 6.03. The number of benzene rings is 2. The zero-order valence-corrected chi connectivity index (χ0v) is 18.6. The van der Waals surface area contributed by atoms with Gasteiger partial charge in [0, 0.05) is 16.6 Å². The number of thioether (sulfide) groups is 1. The fraction of sp³-hybridized carbons (Fsp3) is 0.143. The van der Waals surface area contributed by atoms with Crippen LogP contribution in [0.1, 0.15) is 10.8 Å². The summed E-state index contributed by atoms with van der Waals surface area (Å²) in [4.78, 5) is 16.9. The van der Waals surface area contributed by atoms with Crippen molar-refractivity contribution in [2.24, 2.45) is 0 Å². The lowest BCUT2D eigenvalue weighted by Crippen LogP contribution is -2.18. The Balaban J connectivity index is 1.31. The van der Waals surface area contributed by atoms with Crippen molar-refractivity contribution < 1.29 is 13.9 Å². The van der Waals surface area contributed by atoms with Crippen LogP contribution in [0.15, 0.2) is 59.1 Å². The zero-order chi connectivity index (χ0) is 22.5. The van der Waals surface area contributed by atoms with Gasteiger partial charge in [0.25, 0.3) is 0 Å². The van der Waals surface area contributed by atoms with E-state index in [2.05, 4.69) is 20.5 Å². The average molecular weight is 471 g/mol. The highest BCUT2D eigenvalue weighted by atomic mass is 32.2. The molecule has 0 atom stereocenters. The maximum atomic E-state index is 13.0. The van der Waals surface area contributed by atoms with Crippen LogP contribution in [-0.4, -0.2) is 31.5 Å². The van der Waals surface area contributed by atoms with E-state index in [1.165, 1.54) is 28.9 Å². The zero-order valence-electron chi connectivity index (χ0n) is 17.0. The van der Waals surface area contributed by atoms with E-state index in [0.717, 1.165) is 28.0 Å². The SMILES string of the molecule is Cc1nc(-c2cccc(NC(=O)CSc3nnc(COc4ccc(F)cc4)n3N)c2)cs1. The summed E-state index contributed by atoms with van der Waals surface area (Å²) >= 11 is 2.74. The maximum absolute atomic E-state index is 13.0. The highest BCUT2D eigenvalue weighted by molar-refractivity contribution is 7.99. The highest BCUT2D eigenvalue weighted by Crippen LogP contribution is 2.24. The van der Waals surface area contributed by atoms with Crippen LogP contribution >= 0.6 is 23.1 Å². The molecule has 32 heavy (non-hydrogen) atoms. The van der Waals surface area contributed by atoms with Crippen molar-refractivity contribution in [2.75, 3.05) is 16.9 Å². The number of nitrogens with zero attached hydrogens (tertiary/aromatic N) is 4. The number of anilines is 1. The van der Waals surface area contributed by atoms with Crippen LogP contribution in [-0.2, 0) is 11.4 Å². The van der Waals surface area contributed by atoms with Crippen molar-refractivity contribution in [3.63, 3.8) is 0 Å². The molecule has 0 aliphatic heterocycles. The summed E-state index contributed by atoms with van der Waals surface area (Å²) in [6, 6.07) is 13.2. The standard InChI is InChI=1S/C21H19FN6O2S2/c1-13-24-18(11-31-13)14-3-2-4-16(9-14)25-20(29)12-32-21-27-26-19(28(21)23)10-30-17-7-5-15(22)6-8-17/h2-9,11H,10,12,23H2,1H3,(H,25,29). The van der Waals surface area contributed by atoms with Crippen LogP contribution in [0.5, 0.6) is 5.75 Å². The molecule has 0 saturated carbocycles. The molecule has 1 amide bonds. The topological polar surface area (TPSA) is 108 Å². The first-order valence-electron chi connectivity index (χ1n) is 9.51. The molecular formula is C21H19FN6O2S2. The number of thiazole rings is 1. The minimum atomic E-state index is -0.346. The van der Waals surface area contributed by atoms with Crippen molar-refractivity contribution in [1.82, 2.24) is 19.9 Å². The second kappa shape index (κ2) is 9.79. The van der Waals surface area contributed by atoms with Gasteiger partial charge >= 0.3 is 0 Å². The second-order valence-electron chi connectivity index (χ2n) is 6.68. The number of ether oxygens (including phenoxy) is 1. The minimum Gasteiger partial charge on any atom is -0.486 e. The van der Waals surface area contributed by atoms with Gasteiger partial charge in [-0.15, -0.1) is 21.5 Å². The number of amides is 1. The Labute approximate surface area is 191 Å². The van der Waals surface area contributed by atoms with Gasteiger partial charge in [-0.1, -0.05) is 23.9 Å². The average Bonchev–Trinajstić information content (AvgIpc) is 3.37. The van der Waals surface area contributed by atoms with Crippen molar-refractivity contribution in [1.29, 1.82) is 0 Å². The van der Waals surface area contributed by atoms with Gasteiger partial charge in [0.1, 0.15) is 18.2 Å². The lowest BCUT2D eigenvalue weighted by atomic mass is 10.1. The number of nitrogen functional groups attached to an aromatic ring is 1. The van der Waals surface area contributed by atoms with Gasteiger partial charge in [0.05, 0.1) is 16.5 Å². The quantitative estimate of drug-likeness (QED) is 0.297. The lowest BCUT2D eigenvalue weighted by Gasteiger charge is -2.07.